The third-order valence-electron chi connectivity index (χ3n) is 4.33. The molecule has 144 valence electrons. The summed E-state index contributed by atoms with van der Waals surface area (Å²) in [6.07, 6.45) is 4.86. The average Bonchev–Trinajstić information content (AvgIpc) is 3.20. The highest BCUT2D eigenvalue weighted by Gasteiger charge is 2.37. The van der Waals surface area contributed by atoms with Crippen molar-refractivity contribution >= 4 is 28.4 Å². The Hall–Kier alpha value is -1.88. The SMILES string of the molecule is COC(=O)c1cc(S(=O)(=O)N2CCNCC2c2nccn2C)cn1C.Cl. The van der Waals surface area contributed by atoms with Crippen molar-refractivity contribution in [1.29, 1.82) is 0 Å². The third kappa shape index (κ3) is 3.50. The van der Waals surface area contributed by atoms with Crippen LogP contribution in [0.15, 0.2) is 29.6 Å². The van der Waals surface area contributed by atoms with Crippen LogP contribution in [0, 0.1) is 0 Å². The average molecular weight is 404 g/mol. The number of aromatic nitrogens is 3. The summed E-state index contributed by atoms with van der Waals surface area (Å²) >= 11 is 0. The zero-order chi connectivity index (χ0) is 18.2. The summed E-state index contributed by atoms with van der Waals surface area (Å²) in [5.74, 6) is 0.0878. The first kappa shape index (κ1) is 20.4. The van der Waals surface area contributed by atoms with Gasteiger partial charge in [-0.05, 0) is 6.07 Å². The Labute approximate surface area is 158 Å². The molecule has 9 nitrogen and oxygen atoms in total. The lowest BCUT2D eigenvalue weighted by Crippen LogP contribution is -2.49. The van der Waals surface area contributed by atoms with E-state index in [1.807, 2.05) is 11.6 Å². The number of hydrogen-bond acceptors (Lipinski definition) is 6. The Bertz CT molecular complexity index is 892. The molecule has 1 unspecified atom stereocenters. The molecule has 26 heavy (non-hydrogen) atoms. The fraction of sp³-hybridized carbons (Fsp3) is 0.467. The monoisotopic (exact) mass is 403 g/mol. The van der Waals surface area contributed by atoms with Crippen molar-refractivity contribution in [2.24, 2.45) is 14.1 Å². The zero-order valence-electron chi connectivity index (χ0n) is 14.7. The van der Waals surface area contributed by atoms with Gasteiger partial charge in [-0.15, -0.1) is 12.4 Å². The Kier molecular flexibility index (Phi) is 6.12. The number of hydrogen-bond donors (Lipinski definition) is 1. The molecule has 2 aromatic heterocycles. The van der Waals surface area contributed by atoms with E-state index in [2.05, 4.69) is 10.3 Å². The molecular formula is C15H22ClN5O4S. The van der Waals surface area contributed by atoms with Crippen LogP contribution in [0.5, 0.6) is 0 Å². The van der Waals surface area contributed by atoms with Gasteiger partial charge in [0.05, 0.1) is 13.2 Å². The number of carbonyl (C=O) groups is 1. The summed E-state index contributed by atoms with van der Waals surface area (Å²) in [5, 5.41) is 3.21. The molecule has 11 heteroatoms. The van der Waals surface area contributed by atoms with Crippen molar-refractivity contribution in [3.05, 3.63) is 36.2 Å². The smallest absolute Gasteiger partial charge is 0.354 e. The fourth-order valence-corrected chi connectivity index (χ4v) is 4.67. The number of sulfonamides is 1. The van der Waals surface area contributed by atoms with Crippen LogP contribution in [-0.2, 0) is 28.9 Å². The molecule has 1 fully saturated rings. The number of aryl methyl sites for hydroxylation is 2. The maximum absolute atomic E-state index is 13.2. The number of rotatable bonds is 4. The van der Waals surface area contributed by atoms with Gasteiger partial charge in [0.2, 0.25) is 10.0 Å². The van der Waals surface area contributed by atoms with Gasteiger partial charge in [-0.25, -0.2) is 18.2 Å². The van der Waals surface area contributed by atoms with Gasteiger partial charge in [-0.1, -0.05) is 0 Å². The van der Waals surface area contributed by atoms with Gasteiger partial charge in [-0.2, -0.15) is 4.31 Å². The number of carbonyl (C=O) groups excluding carboxylic acids is 1. The van der Waals surface area contributed by atoms with E-state index in [0.717, 1.165) is 0 Å². The summed E-state index contributed by atoms with van der Waals surface area (Å²) in [4.78, 5) is 16.1. The number of piperazine rings is 1. The molecule has 0 saturated carbocycles. The maximum Gasteiger partial charge on any atom is 0.354 e. The molecular weight excluding hydrogens is 382 g/mol. The Morgan fingerprint density at radius 2 is 2.08 bits per heavy atom. The lowest BCUT2D eigenvalue weighted by Gasteiger charge is -2.34. The fourth-order valence-electron chi connectivity index (χ4n) is 3.01. The van der Waals surface area contributed by atoms with Crippen LogP contribution in [0.4, 0.5) is 0 Å². The molecule has 0 aliphatic carbocycles. The first-order chi connectivity index (χ1) is 11.9. The van der Waals surface area contributed by atoms with E-state index in [4.69, 9.17) is 4.74 Å². The van der Waals surface area contributed by atoms with Crippen LogP contribution in [0.1, 0.15) is 22.4 Å². The van der Waals surface area contributed by atoms with Gasteiger partial charge < -0.3 is 19.2 Å². The first-order valence-electron chi connectivity index (χ1n) is 7.80. The van der Waals surface area contributed by atoms with Crippen LogP contribution in [0.2, 0.25) is 0 Å². The minimum Gasteiger partial charge on any atom is -0.464 e. The van der Waals surface area contributed by atoms with Gasteiger partial charge in [0.15, 0.2) is 0 Å². The van der Waals surface area contributed by atoms with E-state index in [1.54, 1.807) is 19.4 Å². The molecule has 1 atom stereocenters. The summed E-state index contributed by atoms with van der Waals surface area (Å²) < 4.78 is 35.7. The molecule has 3 rings (SSSR count). The standard InChI is InChI=1S/C15H21N5O4S.ClH/c1-18-6-5-17-14(18)13-9-16-4-7-20(13)25(22,23)11-8-12(15(21)24-3)19(2)10-11;/h5-6,8,10,13,16H,4,7,9H2,1-3H3;1H. The molecule has 0 radical (unpaired) electrons. The zero-order valence-corrected chi connectivity index (χ0v) is 16.4. The number of esters is 1. The summed E-state index contributed by atoms with van der Waals surface area (Å²) in [6, 6.07) is 0.930. The lowest BCUT2D eigenvalue weighted by atomic mass is 10.2. The van der Waals surface area contributed by atoms with Gasteiger partial charge >= 0.3 is 5.97 Å². The molecule has 0 aromatic carbocycles. The van der Waals surface area contributed by atoms with Gasteiger partial charge in [0.1, 0.15) is 16.4 Å². The van der Waals surface area contributed by atoms with E-state index in [9.17, 15) is 13.2 Å². The number of nitrogens with zero attached hydrogens (tertiary/aromatic N) is 4. The molecule has 1 aliphatic rings. The van der Waals surface area contributed by atoms with Crippen LogP contribution in [0.3, 0.4) is 0 Å². The van der Waals surface area contributed by atoms with Crippen molar-refractivity contribution in [3.63, 3.8) is 0 Å². The summed E-state index contributed by atoms with van der Waals surface area (Å²) in [7, 11) is 0.918. The van der Waals surface area contributed by atoms with Crippen LogP contribution < -0.4 is 5.32 Å². The van der Waals surface area contributed by atoms with Crippen molar-refractivity contribution in [3.8, 4) is 0 Å². The van der Waals surface area contributed by atoms with Gasteiger partial charge in [0.25, 0.3) is 0 Å². The number of ether oxygens (including phenoxy) is 1. The minimum absolute atomic E-state index is 0. The topological polar surface area (TPSA) is 98.5 Å². The van der Waals surface area contributed by atoms with E-state index in [-0.39, 0.29) is 23.0 Å². The minimum atomic E-state index is -3.79. The van der Waals surface area contributed by atoms with Gasteiger partial charge in [-0.3, -0.25) is 0 Å². The Morgan fingerprint density at radius 3 is 2.69 bits per heavy atom. The summed E-state index contributed by atoms with van der Waals surface area (Å²) in [6.45, 7) is 1.35. The predicted octanol–water partition coefficient (Wildman–Crippen LogP) is 0.302. The molecule has 1 aliphatic heterocycles. The van der Waals surface area contributed by atoms with E-state index in [1.165, 1.54) is 28.2 Å². The normalized spacial score (nSPS) is 18.3. The van der Waals surface area contributed by atoms with Crippen molar-refractivity contribution < 1.29 is 17.9 Å². The quantitative estimate of drug-likeness (QED) is 0.737. The number of nitrogens with one attached hydrogen (secondary N) is 1. The van der Waals surface area contributed by atoms with Gasteiger partial charge in [0, 0.05) is 52.3 Å². The van der Waals surface area contributed by atoms with E-state index < -0.39 is 22.0 Å². The predicted molar refractivity (Wildman–Crippen MR) is 96.7 cm³/mol. The van der Waals surface area contributed by atoms with E-state index in [0.29, 0.717) is 25.5 Å². The first-order valence-corrected chi connectivity index (χ1v) is 9.24. The Morgan fingerprint density at radius 1 is 1.35 bits per heavy atom. The highest BCUT2D eigenvalue weighted by atomic mass is 35.5. The molecule has 0 spiro atoms. The molecule has 2 aromatic rings. The second-order valence-electron chi connectivity index (χ2n) is 5.90. The van der Waals surface area contributed by atoms with Crippen molar-refractivity contribution in [1.82, 2.24) is 23.7 Å². The molecule has 1 saturated heterocycles. The maximum atomic E-state index is 13.2. The highest BCUT2D eigenvalue weighted by molar-refractivity contribution is 7.89. The Balaban J connectivity index is 0.00000243. The molecule has 0 bridgehead atoms. The van der Waals surface area contributed by atoms with E-state index >= 15 is 0 Å². The second-order valence-corrected chi connectivity index (χ2v) is 7.79. The molecule has 1 N–H and O–H groups in total. The van der Waals surface area contributed by atoms with Crippen LogP contribution >= 0.6 is 12.4 Å². The number of imidazole rings is 1. The number of methoxy groups -OCH3 is 1. The third-order valence-corrected chi connectivity index (χ3v) is 6.21. The summed E-state index contributed by atoms with van der Waals surface area (Å²) in [5.41, 5.74) is 0.185. The van der Waals surface area contributed by atoms with Crippen LogP contribution in [0.25, 0.3) is 0 Å². The molecule has 3 heterocycles. The van der Waals surface area contributed by atoms with Crippen LogP contribution in [-0.4, -0.2) is 59.6 Å². The highest BCUT2D eigenvalue weighted by Crippen LogP contribution is 2.28. The largest absolute Gasteiger partial charge is 0.464 e. The van der Waals surface area contributed by atoms with Crippen molar-refractivity contribution in [2.75, 3.05) is 26.7 Å². The lowest BCUT2D eigenvalue weighted by molar-refractivity contribution is 0.0590. The van der Waals surface area contributed by atoms with Crippen molar-refractivity contribution in [2.45, 2.75) is 10.9 Å². The number of halogens is 1. The molecule has 0 amide bonds. The second kappa shape index (κ2) is 7.78.